The van der Waals surface area contributed by atoms with Crippen LogP contribution >= 0.6 is 11.3 Å². The number of methoxy groups -OCH3 is 2. The van der Waals surface area contributed by atoms with Crippen molar-refractivity contribution in [1.29, 1.82) is 0 Å². The van der Waals surface area contributed by atoms with Crippen molar-refractivity contribution in [3.63, 3.8) is 0 Å². The van der Waals surface area contributed by atoms with Gasteiger partial charge in [-0.3, -0.25) is 14.9 Å². The van der Waals surface area contributed by atoms with E-state index in [-0.39, 0.29) is 11.8 Å². The van der Waals surface area contributed by atoms with E-state index in [9.17, 15) is 9.59 Å². The number of benzene rings is 2. The van der Waals surface area contributed by atoms with Crippen LogP contribution in [0.25, 0.3) is 11.3 Å². The van der Waals surface area contributed by atoms with Gasteiger partial charge in [0.05, 0.1) is 25.5 Å². The number of nitrogens with one attached hydrogen (secondary N) is 1. The van der Waals surface area contributed by atoms with Gasteiger partial charge in [-0.2, -0.15) is 0 Å². The van der Waals surface area contributed by atoms with Crippen LogP contribution in [0, 0.1) is 0 Å². The number of carbonyl (C=O) groups is 2. The van der Waals surface area contributed by atoms with Gasteiger partial charge in [0.2, 0.25) is 5.91 Å². The van der Waals surface area contributed by atoms with Gasteiger partial charge < -0.3 is 14.4 Å². The van der Waals surface area contributed by atoms with E-state index in [4.69, 9.17) is 9.47 Å². The molecule has 4 rings (SSSR count). The van der Waals surface area contributed by atoms with Crippen molar-refractivity contribution >= 4 is 34.0 Å². The van der Waals surface area contributed by atoms with Crippen LogP contribution in [0.3, 0.4) is 0 Å². The second kappa shape index (κ2) is 8.16. The molecule has 1 aliphatic heterocycles. The molecule has 0 unspecified atom stereocenters. The first-order valence-corrected chi connectivity index (χ1v) is 10.3. The molecule has 2 aromatic carbocycles. The van der Waals surface area contributed by atoms with Crippen LogP contribution in [0.1, 0.15) is 22.8 Å². The highest BCUT2D eigenvalue weighted by molar-refractivity contribution is 7.14. The highest BCUT2D eigenvalue weighted by atomic mass is 32.1. The number of ether oxygens (including phenoxy) is 2. The molecule has 1 N–H and O–H groups in total. The lowest BCUT2D eigenvalue weighted by molar-refractivity contribution is -0.116. The van der Waals surface area contributed by atoms with Crippen molar-refractivity contribution in [2.24, 2.45) is 0 Å². The van der Waals surface area contributed by atoms with Crippen LogP contribution in [-0.4, -0.2) is 37.6 Å². The summed E-state index contributed by atoms with van der Waals surface area (Å²) in [4.78, 5) is 30.8. The lowest BCUT2D eigenvalue weighted by Crippen LogP contribution is -2.25. The lowest BCUT2D eigenvalue weighted by Gasteiger charge is -2.14. The zero-order chi connectivity index (χ0) is 21.3. The molecule has 0 spiro atoms. The van der Waals surface area contributed by atoms with Crippen molar-refractivity contribution in [2.45, 2.75) is 13.3 Å². The van der Waals surface area contributed by atoms with E-state index in [2.05, 4.69) is 16.4 Å². The van der Waals surface area contributed by atoms with E-state index in [0.717, 1.165) is 28.9 Å². The summed E-state index contributed by atoms with van der Waals surface area (Å²) in [6, 6.07) is 11.1. The Kier molecular flexibility index (Phi) is 5.41. The van der Waals surface area contributed by atoms with Gasteiger partial charge in [0, 0.05) is 30.1 Å². The molecule has 3 aromatic rings. The number of thiazole rings is 1. The van der Waals surface area contributed by atoms with Gasteiger partial charge in [-0.1, -0.05) is 12.1 Å². The molecule has 2 heterocycles. The molecule has 8 heteroatoms. The Labute approximate surface area is 178 Å². The van der Waals surface area contributed by atoms with E-state index < -0.39 is 0 Å². The van der Waals surface area contributed by atoms with Gasteiger partial charge in [0.1, 0.15) is 0 Å². The Balaban J connectivity index is 1.55. The summed E-state index contributed by atoms with van der Waals surface area (Å²) in [6.07, 6.45) is 0.826. The quantitative estimate of drug-likeness (QED) is 0.671. The number of fused-ring (bicyclic) bond motifs is 1. The average molecular weight is 423 g/mol. The maximum Gasteiger partial charge on any atom is 0.261 e. The summed E-state index contributed by atoms with van der Waals surface area (Å²) in [6.45, 7) is 2.28. The predicted octanol–water partition coefficient (Wildman–Crippen LogP) is 3.99. The van der Waals surface area contributed by atoms with Gasteiger partial charge in [-0.25, -0.2) is 4.98 Å². The minimum Gasteiger partial charge on any atom is -0.493 e. The predicted molar refractivity (Wildman–Crippen MR) is 117 cm³/mol. The summed E-state index contributed by atoms with van der Waals surface area (Å²) in [5, 5.41) is 5.22. The van der Waals surface area contributed by atoms with Crippen molar-refractivity contribution < 1.29 is 19.1 Å². The molecule has 30 heavy (non-hydrogen) atoms. The van der Waals surface area contributed by atoms with E-state index in [1.54, 1.807) is 30.0 Å². The highest BCUT2D eigenvalue weighted by Crippen LogP contribution is 2.34. The molecular weight excluding hydrogens is 402 g/mol. The van der Waals surface area contributed by atoms with Gasteiger partial charge in [-0.05, 0) is 36.2 Å². The van der Waals surface area contributed by atoms with Crippen LogP contribution in [0.2, 0.25) is 0 Å². The van der Waals surface area contributed by atoms with Crippen molar-refractivity contribution in [2.75, 3.05) is 31.0 Å². The fourth-order valence-corrected chi connectivity index (χ4v) is 4.30. The zero-order valence-corrected chi connectivity index (χ0v) is 17.7. The minimum atomic E-state index is -0.322. The first kappa shape index (κ1) is 19.9. The van der Waals surface area contributed by atoms with E-state index in [1.807, 2.05) is 17.5 Å². The molecular formula is C22H21N3O4S. The van der Waals surface area contributed by atoms with E-state index in [1.165, 1.54) is 25.6 Å². The number of nitrogens with zero attached hydrogens (tertiary/aromatic N) is 2. The fraction of sp³-hybridized carbons (Fsp3) is 0.227. The number of hydrogen-bond acceptors (Lipinski definition) is 6. The lowest BCUT2D eigenvalue weighted by atomic mass is 10.1. The van der Waals surface area contributed by atoms with Crippen molar-refractivity contribution in [3.8, 4) is 22.8 Å². The molecule has 1 aromatic heterocycles. The van der Waals surface area contributed by atoms with Crippen LogP contribution in [0.15, 0.2) is 41.8 Å². The van der Waals surface area contributed by atoms with Gasteiger partial charge in [0.25, 0.3) is 5.91 Å². The Morgan fingerprint density at radius 2 is 2.00 bits per heavy atom. The normalized spacial score (nSPS) is 12.4. The molecule has 1 aliphatic rings. The molecule has 0 bridgehead atoms. The second-order valence-electron chi connectivity index (χ2n) is 6.80. The number of anilines is 2. The summed E-state index contributed by atoms with van der Waals surface area (Å²) in [5.74, 6) is 0.594. The number of rotatable bonds is 5. The van der Waals surface area contributed by atoms with Crippen LogP contribution < -0.4 is 19.7 Å². The van der Waals surface area contributed by atoms with Crippen LogP contribution in [0.4, 0.5) is 10.8 Å². The van der Waals surface area contributed by atoms with Crippen molar-refractivity contribution in [1.82, 2.24) is 4.98 Å². The molecule has 0 radical (unpaired) electrons. The third-order valence-corrected chi connectivity index (χ3v) is 5.78. The molecule has 0 aliphatic carbocycles. The SMILES string of the molecule is COc1cccc(C(=O)Nc2nc(-c3ccc4c(c3)CCN4C(C)=O)cs2)c1OC. The van der Waals surface area contributed by atoms with Gasteiger partial charge in [0.15, 0.2) is 16.6 Å². The molecule has 0 saturated heterocycles. The molecule has 2 amide bonds. The van der Waals surface area contributed by atoms with Crippen molar-refractivity contribution in [3.05, 3.63) is 52.9 Å². The third-order valence-electron chi connectivity index (χ3n) is 5.02. The maximum atomic E-state index is 12.7. The number of amides is 2. The maximum absolute atomic E-state index is 12.7. The van der Waals surface area contributed by atoms with E-state index in [0.29, 0.717) is 28.7 Å². The van der Waals surface area contributed by atoms with Gasteiger partial charge >= 0.3 is 0 Å². The van der Waals surface area contributed by atoms with Gasteiger partial charge in [-0.15, -0.1) is 11.3 Å². The summed E-state index contributed by atoms with van der Waals surface area (Å²) >= 11 is 1.35. The number of aromatic nitrogens is 1. The first-order chi connectivity index (χ1) is 14.5. The smallest absolute Gasteiger partial charge is 0.261 e. The largest absolute Gasteiger partial charge is 0.493 e. The van der Waals surface area contributed by atoms with E-state index >= 15 is 0 Å². The molecule has 7 nitrogen and oxygen atoms in total. The Morgan fingerprint density at radius 3 is 2.73 bits per heavy atom. The minimum absolute atomic E-state index is 0.0492. The zero-order valence-electron chi connectivity index (χ0n) is 16.9. The monoisotopic (exact) mass is 423 g/mol. The number of carbonyl (C=O) groups excluding carboxylic acids is 2. The summed E-state index contributed by atoms with van der Waals surface area (Å²) in [7, 11) is 3.02. The average Bonchev–Trinajstić information content (AvgIpc) is 3.39. The standard InChI is InChI=1S/C22H21N3O4S/c1-13(26)25-10-9-15-11-14(7-8-18(15)25)17-12-30-22(23-17)24-21(27)16-5-4-6-19(28-2)20(16)29-3/h4-8,11-12H,9-10H2,1-3H3,(H,23,24,27). The van der Waals surface area contributed by atoms with Crippen LogP contribution in [0.5, 0.6) is 11.5 Å². The molecule has 0 saturated carbocycles. The first-order valence-electron chi connectivity index (χ1n) is 9.41. The summed E-state index contributed by atoms with van der Waals surface area (Å²) in [5.41, 5.74) is 4.19. The Bertz CT molecular complexity index is 1130. The third kappa shape index (κ3) is 3.61. The molecule has 0 atom stereocenters. The topological polar surface area (TPSA) is 80.8 Å². The number of hydrogen-bond donors (Lipinski definition) is 1. The fourth-order valence-electron chi connectivity index (χ4n) is 3.58. The molecule has 0 fully saturated rings. The summed E-state index contributed by atoms with van der Waals surface area (Å²) < 4.78 is 10.6. The molecule has 154 valence electrons. The Morgan fingerprint density at radius 1 is 1.17 bits per heavy atom. The highest BCUT2D eigenvalue weighted by Gasteiger charge is 2.23. The number of para-hydroxylation sites is 1. The Hall–Kier alpha value is -3.39. The second-order valence-corrected chi connectivity index (χ2v) is 7.66. The van der Waals surface area contributed by atoms with Crippen LogP contribution in [-0.2, 0) is 11.2 Å².